The third-order valence-electron chi connectivity index (χ3n) is 5.74. The minimum atomic E-state index is -1.39. The number of halogens is 1. The molecule has 3 aromatic rings. The molecule has 1 fully saturated rings. The smallest absolute Gasteiger partial charge is 0.341 e. The van der Waals surface area contributed by atoms with Crippen molar-refractivity contribution in [1.82, 2.24) is 4.57 Å². The van der Waals surface area contributed by atoms with Crippen molar-refractivity contribution in [1.29, 1.82) is 0 Å². The number of aromatic hydroxyl groups is 1. The summed E-state index contributed by atoms with van der Waals surface area (Å²) in [7, 11) is 0. The number of carboxylic acid groups (broad SMARTS) is 1. The first-order valence-electron chi connectivity index (χ1n) is 9.68. The number of fused-ring (bicyclic) bond motifs is 1. The average molecular weight is 411 g/mol. The van der Waals surface area contributed by atoms with E-state index in [0.29, 0.717) is 30.0 Å². The molecule has 0 saturated carbocycles. The molecule has 0 radical (unpaired) electrons. The maximum absolute atomic E-state index is 15.0. The van der Waals surface area contributed by atoms with Gasteiger partial charge in [-0.3, -0.25) is 4.79 Å². The van der Waals surface area contributed by atoms with E-state index in [4.69, 9.17) is 5.73 Å². The van der Waals surface area contributed by atoms with Gasteiger partial charge in [0.2, 0.25) is 5.43 Å². The van der Waals surface area contributed by atoms with Crippen molar-refractivity contribution in [3.05, 3.63) is 64.2 Å². The number of rotatable bonds is 4. The predicted molar refractivity (Wildman–Crippen MR) is 112 cm³/mol. The lowest BCUT2D eigenvalue weighted by atomic mass is 10.0. The number of carbonyl (C=O) groups is 1. The molecule has 1 aliphatic rings. The molecule has 1 aliphatic heterocycles. The van der Waals surface area contributed by atoms with Crippen LogP contribution < -0.4 is 16.1 Å². The number of nitrogens with zero attached hydrogens (tertiary/aromatic N) is 2. The summed E-state index contributed by atoms with van der Waals surface area (Å²) >= 11 is 0. The summed E-state index contributed by atoms with van der Waals surface area (Å²) in [6.07, 6.45) is 2.08. The van der Waals surface area contributed by atoms with Crippen LogP contribution in [0.25, 0.3) is 16.6 Å². The Morgan fingerprint density at radius 1 is 1.27 bits per heavy atom. The summed E-state index contributed by atoms with van der Waals surface area (Å²) in [4.78, 5) is 26.2. The van der Waals surface area contributed by atoms with Gasteiger partial charge >= 0.3 is 5.97 Å². The van der Waals surface area contributed by atoms with Gasteiger partial charge in [0.15, 0.2) is 0 Å². The first-order valence-corrected chi connectivity index (χ1v) is 9.68. The van der Waals surface area contributed by atoms with Gasteiger partial charge in [-0.2, -0.15) is 0 Å². The topological polar surface area (TPSA) is 109 Å². The molecule has 7 nitrogen and oxygen atoms in total. The van der Waals surface area contributed by atoms with E-state index in [9.17, 15) is 24.2 Å². The van der Waals surface area contributed by atoms with Gasteiger partial charge in [0.1, 0.15) is 17.1 Å². The Labute approximate surface area is 171 Å². The predicted octanol–water partition coefficient (Wildman–Crippen LogP) is 2.71. The lowest BCUT2D eigenvalue weighted by Gasteiger charge is -2.22. The second-order valence-electron chi connectivity index (χ2n) is 7.74. The number of hydrogen-bond acceptors (Lipinski definition) is 5. The molecule has 0 aliphatic carbocycles. The highest BCUT2D eigenvalue weighted by atomic mass is 19.1. The Kier molecular flexibility index (Phi) is 4.95. The third-order valence-corrected chi connectivity index (χ3v) is 5.74. The van der Waals surface area contributed by atoms with Crippen LogP contribution in [0.5, 0.6) is 5.75 Å². The van der Waals surface area contributed by atoms with Crippen LogP contribution >= 0.6 is 0 Å². The Hall–Kier alpha value is -3.39. The number of anilines is 1. The number of phenols is 1. The largest absolute Gasteiger partial charge is 0.508 e. The number of aromatic nitrogens is 1. The molecular weight excluding hydrogens is 389 g/mol. The average Bonchev–Trinajstić information content (AvgIpc) is 3.19. The van der Waals surface area contributed by atoms with Gasteiger partial charge in [0.25, 0.3) is 0 Å². The molecule has 2 heterocycles. The lowest BCUT2D eigenvalue weighted by Crippen LogP contribution is -2.30. The summed E-state index contributed by atoms with van der Waals surface area (Å²) in [5, 5.41) is 19.0. The summed E-state index contributed by atoms with van der Waals surface area (Å²) in [5.74, 6) is -1.68. The molecule has 0 bridgehead atoms. The van der Waals surface area contributed by atoms with Crippen molar-refractivity contribution in [3.8, 4) is 11.4 Å². The van der Waals surface area contributed by atoms with Crippen LogP contribution in [-0.2, 0) is 0 Å². The summed E-state index contributed by atoms with van der Waals surface area (Å²) in [6, 6.07) is 8.78. The van der Waals surface area contributed by atoms with Gasteiger partial charge in [-0.25, -0.2) is 9.18 Å². The summed E-state index contributed by atoms with van der Waals surface area (Å²) in [5.41, 5.74) is 6.07. The van der Waals surface area contributed by atoms with E-state index < -0.39 is 22.8 Å². The zero-order valence-electron chi connectivity index (χ0n) is 16.4. The SMILES string of the molecule is C[C@@H](N)[C@H]1CCN(c2cc3c(cc2F)c(=O)c(C(=O)O)cn3-c2ccc(O)cc2)C1. The molecule has 2 atom stereocenters. The molecule has 30 heavy (non-hydrogen) atoms. The van der Waals surface area contributed by atoms with E-state index in [2.05, 4.69) is 0 Å². The number of aromatic carboxylic acids is 1. The van der Waals surface area contributed by atoms with Crippen LogP contribution in [0.1, 0.15) is 23.7 Å². The second-order valence-corrected chi connectivity index (χ2v) is 7.74. The number of hydrogen-bond donors (Lipinski definition) is 3. The van der Waals surface area contributed by atoms with Crippen LogP contribution in [0.15, 0.2) is 47.4 Å². The Morgan fingerprint density at radius 2 is 1.97 bits per heavy atom. The Morgan fingerprint density at radius 3 is 2.57 bits per heavy atom. The molecular formula is C22H22FN3O4. The molecule has 0 unspecified atom stereocenters. The highest BCUT2D eigenvalue weighted by Gasteiger charge is 2.28. The molecule has 4 N–H and O–H groups in total. The van der Waals surface area contributed by atoms with Crippen LogP contribution in [0.3, 0.4) is 0 Å². The van der Waals surface area contributed by atoms with Crippen LogP contribution in [0.2, 0.25) is 0 Å². The second kappa shape index (κ2) is 7.46. The highest BCUT2D eigenvalue weighted by Crippen LogP contribution is 2.31. The molecule has 2 aromatic carbocycles. The van der Waals surface area contributed by atoms with Gasteiger partial charge in [-0.15, -0.1) is 0 Å². The molecule has 1 saturated heterocycles. The third kappa shape index (κ3) is 3.39. The Bertz CT molecular complexity index is 1190. The minimum Gasteiger partial charge on any atom is -0.508 e. The molecule has 0 spiro atoms. The van der Waals surface area contributed by atoms with Gasteiger partial charge < -0.3 is 25.4 Å². The van der Waals surface area contributed by atoms with Crippen LogP contribution in [0.4, 0.5) is 10.1 Å². The van der Waals surface area contributed by atoms with Crippen LogP contribution in [0, 0.1) is 11.7 Å². The summed E-state index contributed by atoms with van der Waals surface area (Å²) < 4.78 is 16.5. The number of benzene rings is 2. The van der Waals surface area contributed by atoms with Crippen molar-refractivity contribution in [2.45, 2.75) is 19.4 Å². The molecule has 0 amide bonds. The van der Waals surface area contributed by atoms with E-state index in [1.165, 1.54) is 22.9 Å². The quantitative estimate of drug-likeness (QED) is 0.609. The van der Waals surface area contributed by atoms with Crippen LogP contribution in [-0.4, -0.2) is 39.9 Å². The molecule has 4 rings (SSSR count). The first kappa shape index (κ1) is 19.9. The van der Waals surface area contributed by atoms with E-state index in [0.717, 1.165) is 12.5 Å². The molecule has 156 valence electrons. The maximum atomic E-state index is 15.0. The number of carboxylic acids is 1. The fraction of sp³-hybridized carbons (Fsp3) is 0.273. The molecule has 8 heteroatoms. The van der Waals surface area contributed by atoms with Crippen molar-refractivity contribution in [3.63, 3.8) is 0 Å². The fourth-order valence-corrected chi connectivity index (χ4v) is 3.99. The van der Waals surface area contributed by atoms with E-state index in [-0.39, 0.29) is 23.1 Å². The van der Waals surface area contributed by atoms with Crippen molar-refractivity contribution < 1.29 is 19.4 Å². The first-order chi connectivity index (χ1) is 14.3. The van der Waals surface area contributed by atoms with Crippen molar-refractivity contribution in [2.75, 3.05) is 18.0 Å². The van der Waals surface area contributed by atoms with Gasteiger partial charge in [-0.05, 0) is 55.7 Å². The lowest BCUT2D eigenvalue weighted by molar-refractivity contribution is 0.0695. The monoisotopic (exact) mass is 411 g/mol. The Balaban J connectivity index is 1.94. The van der Waals surface area contributed by atoms with Gasteiger partial charge in [0, 0.05) is 36.4 Å². The highest BCUT2D eigenvalue weighted by molar-refractivity contribution is 5.94. The van der Waals surface area contributed by atoms with E-state index >= 15 is 0 Å². The maximum Gasteiger partial charge on any atom is 0.341 e. The van der Waals surface area contributed by atoms with E-state index in [1.807, 2.05) is 11.8 Å². The number of phenolic OH excluding ortho intramolecular Hbond substituents is 1. The summed E-state index contributed by atoms with van der Waals surface area (Å²) in [6.45, 7) is 3.18. The van der Waals surface area contributed by atoms with Crippen molar-refractivity contribution >= 4 is 22.6 Å². The van der Waals surface area contributed by atoms with Crippen molar-refractivity contribution in [2.24, 2.45) is 11.7 Å². The minimum absolute atomic E-state index is 0.00757. The fourth-order valence-electron chi connectivity index (χ4n) is 3.99. The normalized spacial score (nSPS) is 17.4. The zero-order valence-corrected chi connectivity index (χ0v) is 16.4. The number of nitrogens with two attached hydrogens (primary N) is 1. The van der Waals surface area contributed by atoms with Gasteiger partial charge in [-0.1, -0.05) is 0 Å². The molecule has 1 aromatic heterocycles. The van der Waals surface area contributed by atoms with Gasteiger partial charge in [0.05, 0.1) is 11.2 Å². The van der Waals surface area contributed by atoms with E-state index in [1.54, 1.807) is 18.2 Å². The standard InChI is InChI=1S/C22H22FN3O4/c1-12(24)13-6-7-25(10-13)20-9-19-16(8-18(20)23)21(28)17(22(29)30)11-26(19)14-2-4-15(27)5-3-14/h2-5,8-9,11-13,27H,6-7,10,24H2,1H3,(H,29,30)/t12-,13+/m1/s1. The number of pyridine rings is 1. The zero-order chi connectivity index (χ0) is 21.6.